The summed E-state index contributed by atoms with van der Waals surface area (Å²) in [6, 6.07) is 10.8. The van der Waals surface area contributed by atoms with Gasteiger partial charge < -0.3 is 10.2 Å². The summed E-state index contributed by atoms with van der Waals surface area (Å²) in [7, 11) is 4.20. The molecule has 16 heavy (non-hydrogen) atoms. The predicted octanol–water partition coefficient (Wildman–Crippen LogP) is 2.55. The molecule has 3 heteroatoms. The van der Waals surface area contributed by atoms with E-state index in [-0.39, 0.29) is 0 Å². The molecule has 1 N–H and O–H groups in total. The van der Waals surface area contributed by atoms with Crippen molar-refractivity contribution >= 4 is 21.4 Å². The molecule has 0 bridgehead atoms. The summed E-state index contributed by atoms with van der Waals surface area (Å²) in [5.74, 6) is 0. The standard InChI is InChI=1S/C13H18N2S/c1-15(2)8-7-14-10-12-9-11-5-3-4-6-13(11)16-12/h3-6,9,14H,7-8,10H2,1-2H3. The van der Waals surface area contributed by atoms with Crippen LogP contribution in [0.4, 0.5) is 0 Å². The third kappa shape index (κ3) is 3.04. The maximum atomic E-state index is 3.46. The second kappa shape index (κ2) is 5.43. The number of rotatable bonds is 5. The second-order valence-corrected chi connectivity index (χ2v) is 5.40. The van der Waals surface area contributed by atoms with Crippen LogP contribution < -0.4 is 5.32 Å². The van der Waals surface area contributed by atoms with Crippen molar-refractivity contribution in [1.82, 2.24) is 10.2 Å². The fourth-order valence-corrected chi connectivity index (χ4v) is 2.67. The lowest BCUT2D eigenvalue weighted by Gasteiger charge is -2.09. The molecule has 1 aromatic heterocycles. The molecule has 2 nitrogen and oxygen atoms in total. The molecule has 0 spiro atoms. The van der Waals surface area contributed by atoms with Crippen LogP contribution in [0.5, 0.6) is 0 Å². The zero-order valence-electron chi connectivity index (χ0n) is 9.86. The van der Waals surface area contributed by atoms with Gasteiger partial charge in [0.1, 0.15) is 0 Å². The van der Waals surface area contributed by atoms with Gasteiger partial charge in [-0.05, 0) is 31.6 Å². The maximum Gasteiger partial charge on any atom is 0.0346 e. The summed E-state index contributed by atoms with van der Waals surface area (Å²) in [5.41, 5.74) is 0. The van der Waals surface area contributed by atoms with Gasteiger partial charge in [-0.2, -0.15) is 0 Å². The van der Waals surface area contributed by atoms with E-state index in [1.54, 1.807) is 0 Å². The first kappa shape index (κ1) is 11.6. The highest BCUT2D eigenvalue weighted by atomic mass is 32.1. The highest BCUT2D eigenvalue weighted by Crippen LogP contribution is 2.24. The van der Waals surface area contributed by atoms with E-state index in [9.17, 15) is 0 Å². The number of nitrogens with zero attached hydrogens (tertiary/aromatic N) is 1. The molecular weight excluding hydrogens is 216 g/mol. The molecule has 0 aliphatic heterocycles. The van der Waals surface area contributed by atoms with Gasteiger partial charge in [0.15, 0.2) is 0 Å². The lowest BCUT2D eigenvalue weighted by molar-refractivity contribution is 0.400. The number of thiophene rings is 1. The SMILES string of the molecule is CN(C)CCNCc1cc2ccccc2s1. The first-order valence-electron chi connectivity index (χ1n) is 5.58. The van der Waals surface area contributed by atoms with Crippen LogP contribution in [0.1, 0.15) is 4.88 Å². The van der Waals surface area contributed by atoms with Crippen molar-refractivity contribution in [2.24, 2.45) is 0 Å². The molecule has 1 heterocycles. The second-order valence-electron chi connectivity index (χ2n) is 4.23. The van der Waals surface area contributed by atoms with Crippen LogP contribution in [0.2, 0.25) is 0 Å². The third-order valence-corrected chi connectivity index (χ3v) is 3.63. The van der Waals surface area contributed by atoms with Crippen LogP contribution in [-0.4, -0.2) is 32.1 Å². The van der Waals surface area contributed by atoms with Crippen LogP contribution in [0.15, 0.2) is 30.3 Å². The molecule has 1 aromatic carbocycles. The molecule has 86 valence electrons. The average molecular weight is 234 g/mol. The smallest absolute Gasteiger partial charge is 0.0346 e. The molecule has 0 amide bonds. The zero-order valence-corrected chi connectivity index (χ0v) is 10.7. The molecule has 0 fully saturated rings. The number of likely N-dealkylation sites (N-methyl/N-ethyl adjacent to an activating group) is 1. The Bertz CT molecular complexity index is 415. The van der Waals surface area contributed by atoms with E-state index < -0.39 is 0 Å². The van der Waals surface area contributed by atoms with Crippen LogP contribution in [0.25, 0.3) is 10.1 Å². The van der Waals surface area contributed by atoms with Crippen molar-refractivity contribution in [2.45, 2.75) is 6.54 Å². The van der Waals surface area contributed by atoms with Gasteiger partial charge >= 0.3 is 0 Å². The number of fused-ring (bicyclic) bond motifs is 1. The van der Waals surface area contributed by atoms with E-state index in [0.717, 1.165) is 19.6 Å². The normalized spacial score (nSPS) is 11.4. The van der Waals surface area contributed by atoms with E-state index in [0.29, 0.717) is 0 Å². The Morgan fingerprint density at radius 2 is 2.06 bits per heavy atom. The summed E-state index contributed by atoms with van der Waals surface area (Å²) >= 11 is 1.88. The van der Waals surface area contributed by atoms with Crippen molar-refractivity contribution in [3.63, 3.8) is 0 Å². The van der Waals surface area contributed by atoms with Gasteiger partial charge in [0.2, 0.25) is 0 Å². The number of nitrogens with one attached hydrogen (secondary N) is 1. The highest BCUT2D eigenvalue weighted by Gasteiger charge is 2.00. The van der Waals surface area contributed by atoms with E-state index in [2.05, 4.69) is 54.6 Å². The third-order valence-electron chi connectivity index (χ3n) is 2.51. The summed E-state index contributed by atoms with van der Waals surface area (Å²) in [5, 5.41) is 4.82. The van der Waals surface area contributed by atoms with Crippen LogP contribution in [-0.2, 0) is 6.54 Å². The van der Waals surface area contributed by atoms with E-state index in [1.165, 1.54) is 15.0 Å². The molecule has 0 saturated carbocycles. The van der Waals surface area contributed by atoms with Crippen molar-refractivity contribution in [2.75, 3.05) is 27.2 Å². The van der Waals surface area contributed by atoms with Crippen molar-refractivity contribution in [1.29, 1.82) is 0 Å². The Morgan fingerprint density at radius 1 is 1.25 bits per heavy atom. The fraction of sp³-hybridized carbons (Fsp3) is 0.385. The van der Waals surface area contributed by atoms with E-state index >= 15 is 0 Å². The Balaban J connectivity index is 1.89. The first-order valence-corrected chi connectivity index (χ1v) is 6.40. The van der Waals surface area contributed by atoms with E-state index in [1.807, 2.05) is 11.3 Å². The molecule has 2 rings (SSSR count). The molecule has 0 radical (unpaired) electrons. The van der Waals surface area contributed by atoms with Gasteiger partial charge in [-0.3, -0.25) is 0 Å². The topological polar surface area (TPSA) is 15.3 Å². The maximum absolute atomic E-state index is 3.46. The van der Waals surface area contributed by atoms with Gasteiger partial charge in [0.05, 0.1) is 0 Å². The van der Waals surface area contributed by atoms with Crippen LogP contribution >= 0.6 is 11.3 Å². The highest BCUT2D eigenvalue weighted by molar-refractivity contribution is 7.19. The number of hydrogen-bond donors (Lipinski definition) is 1. The zero-order chi connectivity index (χ0) is 11.4. The number of benzene rings is 1. The minimum atomic E-state index is 0.979. The van der Waals surface area contributed by atoms with Crippen molar-refractivity contribution < 1.29 is 0 Å². The predicted molar refractivity (Wildman–Crippen MR) is 72.1 cm³/mol. The van der Waals surface area contributed by atoms with Gasteiger partial charge in [0.25, 0.3) is 0 Å². The molecule has 0 aliphatic carbocycles. The molecule has 0 aliphatic rings. The lowest BCUT2D eigenvalue weighted by atomic mass is 10.2. The largest absolute Gasteiger partial charge is 0.311 e. The quantitative estimate of drug-likeness (QED) is 0.800. The molecule has 0 atom stereocenters. The molecule has 0 unspecified atom stereocenters. The van der Waals surface area contributed by atoms with Crippen molar-refractivity contribution in [3.05, 3.63) is 35.2 Å². The van der Waals surface area contributed by atoms with Gasteiger partial charge in [-0.15, -0.1) is 11.3 Å². The molecule has 0 saturated heterocycles. The Labute approximate surface area is 101 Å². The van der Waals surface area contributed by atoms with Gasteiger partial charge in [-0.1, -0.05) is 18.2 Å². The molecule has 2 aromatic rings. The molecular formula is C13H18N2S. The van der Waals surface area contributed by atoms with Crippen LogP contribution in [0.3, 0.4) is 0 Å². The Hall–Kier alpha value is -0.900. The van der Waals surface area contributed by atoms with Gasteiger partial charge in [0, 0.05) is 29.2 Å². The average Bonchev–Trinajstić information content (AvgIpc) is 2.66. The minimum absolute atomic E-state index is 0.979. The van der Waals surface area contributed by atoms with Crippen LogP contribution in [0, 0.1) is 0 Å². The lowest BCUT2D eigenvalue weighted by Crippen LogP contribution is -2.25. The van der Waals surface area contributed by atoms with Gasteiger partial charge in [-0.25, -0.2) is 0 Å². The summed E-state index contributed by atoms with van der Waals surface area (Å²) in [6.45, 7) is 3.11. The summed E-state index contributed by atoms with van der Waals surface area (Å²) in [4.78, 5) is 3.61. The first-order chi connectivity index (χ1) is 7.75. The summed E-state index contributed by atoms with van der Waals surface area (Å²) < 4.78 is 1.38. The summed E-state index contributed by atoms with van der Waals surface area (Å²) in [6.07, 6.45) is 0. The Kier molecular flexibility index (Phi) is 3.93. The van der Waals surface area contributed by atoms with Crippen molar-refractivity contribution in [3.8, 4) is 0 Å². The van der Waals surface area contributed by atoms with E-state index in [4.69, 9.17) is 0 Å². The monoisotopic (exact) mass is 234 g/mol. The fourth-order valence-electron chi connectivity index (χ4n) is 1.64. The number of hydrogen-bond acceptors (Lipinski definition) is 3. The minimum Gasteiger partial charge on any atom is -0.311 e. The Morgan fingerprint density at radius 3 is 2.81 bits per heavy atom.